The van der Waals surface area contributed by atoms with E-state index in [2.05, 4.69) is 5.32 Å². The molecule has 1 aliphatic rings. The number of ether oxygens (including phenoxy) is 1. The molecule has 0 unspecified atom stereocenters. The van der Waals surface area contributed by atoms with Crippen molar-refractivity contribution >= 4 is 28.9 Å². The van der Waals surface area contributed by atoms with Crippen LogP contribution in [-0.2, 0) is 4.79 Å². The lowest BCUT2D eigenvalue weighted by Gasteiger charge is -2.18. The van der Waals surface area contributed by atoms with Gasteiger partial charge < -0.3 is 15.8 Å². The molecule has 0 saturated carbocycles. The largest absolute Gasteiger partial charge is 0.488 e. The summed E-state index contributed by atoms with van der Waals surface area (Å²) in [6, 6.07) is 3.23. The number of benzene rings is 1. The van der Waals surface area contributed by atoms with Crippen LogP contribution in [-0.4, -0.2) is 12.5 Å². The fourth-order valence-corrected chi connectivity index (χ4v) is 1.70. The van der Waals surface area contributed by atoms with Crippen molar-refractivity contribution in [2.45, 2.75) is 13.8 Å². The SMILES string of the molecule is CC1(C)COc2c(N)cc(Cl)cc2NC1=O. The van der Waals surface area contributed by atoms with Gasteiger partial charge in [-0.05, 0) is 26.0 Å². The van der Waals surface area contributed by atoms with Gasteiger partial charge >= 0.3 is 0 Å². The van der Waals surface area contributed by atoms with E-state index in [1.54, 1.807) is 12.1 Å². The third kappa shape index (κ3) is 1.80. The van der Waals surface area contributed by atoms with E-state index in [9.17, 15) is 4.79 Å². The quantitative estimate of drug-likeness (QED) is 0.684. The van der Waals surface area contributed by atoms with Crippen molar-refractivity contribution in [3.05, 3.63) is 17.2 Å². The number of nitrogens with two attached hydrogens (primary N) is 1. The van der Waals surface area contributed by atoms with Crippen molar-refractivity contribution in [2.24, 2.45) is 5.41 Å². The Bertz CT molecular complexity index is 458. The number of nitrogen functional groups attached to an aromatic ring is 1. The van der Waals surface area contributed by atoms with Crippen LogP contribution in [0.2, 0.25) is 5.02 Å². The minimum Gasteiger partial charge on any atom is -0.488 e. The van der Waals surface area contributed by atoms with Crippen LogP contribution in [0.15, 0.2) is 12.1 Å². The molecule has 0 aliphatic carbocycles. The smallest absolute Gasteiger partial charge is 0.233 e. The molecule has 86 valence electrons. The number of hydrogen-bond acceptors (Lipinski definition) is 3. The Morgan fingerprint density at radius 3 is 2.88 bits per heavy atom. The number of hydrogen-bond donors (Lipinski definition) is 2. The number of nitrogens with one attached hydrogen (secondary N) is 1. The van der Waals surface area contributed by atoms with Gasteiger partial charge in [0.25, 0.3) is 0 Å². The fourth-order valence-electron chi connectivity index (χ4n) is 1.48. The van der Waals surface area contributed by atoms with E-state index in [1.165, 1.54) is 0 Å². The topological polar surface area (TPSA) is 64.3 Å². The Hall–Kier alpha value is -1.42. The van der Waals surface area contributed by atoms with E-state index in [4.69, 9.17) is 22.1 Å². The molecule has 0 fully saturated rings. The van der Waals surface area contributed by atoms with Crippen molar-refractivity contribution in [2.75, 3.05) is 17.7 Å². The molecule has 1 aromatic rings. The van der Waals surface area contributed by atoms with E-state index >= 15 is 0 Å². The molecule has 0 saturated heterocycles. The number of fused-ring (bicyclic) bond motifs is 1. The first-order chi connectivity index (χ1) is 7.40. The third-order valence-electron chi connectivity index (χ3n) is 2.52. The van der Waals surface area contributed by atoms with Gasteiger partial charge in [0.2, 0.25) is 5.91 Å². The summed E-state index contributed by atoms with van der Waals surface area (Å²) < 4.78 is 5.55. The number of amides is 1. The zero-order valence-electron chi connectivity index (χ0n) is 9.13. The summed E-state index contributed by atoms with van der Waals surface area (Å²) in [5.74, 6) is 0.385. The summed E-state index contributed by atoms with van der Waals surface area (Å²) in [4.78, 5) is 11.8. The minimum absolute atomic E-state index is 0.104. The van der Waals surface area contributed by atoms with Crippen molar-refractivity contribution in [1.29, 1.82) is 0 Å². The Kier molecular flexibility index (Phi) is 2.46. The maximum Gasteiger partial charge on any atom is 0.233 e. The molecule has 0 bridgehead atoms. The van der Waals surface area contributed by atoms with Crippen LogP contribution in [0.25, 0.3) is 0 Å². The van der Waals surface area contributed by atoms with Crippen molar-refractivity contribution < 1.29 is 9.53 Å². The number of halogens is 1. The van der Waals surface area contributed by atoms with Crippen LogP contribution in [0, 0.1) is 5.41 Å². The second kappa shape index (κ2) is 3.56. The van der Waals surface area contributed by atoms with E-state index < -0.39 is 5.41 Å². The molecule has 0 atom stereocenters. The molecule has 5 heteroatoms. The molecule has 2 rings (SSSR count). The van der Waals surface area contributed by atoms with Gasteiger partial charge in [0.1, 0.15) is 6.61 Å². The number of carbonyl (C=O) groups excluding carboxylic acids is 1. The molecule has 1 heterocycles. The zero-order chi connectivity index (χ0) is 11.9. The molecule has 4 nitrogen and oxygen atoms in total. The van der Waals surface area contributed by atoms with Crippen LogP contribution >= 0.6 is 11.6 Å². The summed E-state index contributed by atoms with van der Waals surface area (Å²) in [7, 11) is 0. The Morgan fingerprint density at radius 1 is 1.50 bits per heavy atom. The molecular formula is C11H13ClN2O2. The lowest BCUT2D eigenvalue weighted by molar-refractivity contribution is -0.124. The van der Waals surface area contributed by atoms with Crippen molar-refractivity contribution in [3.8, 4) is 5.75 Å². The van der Waals surface area contributed by atoms with E-state index in [0.29, 0.717) is 22.1 Å². The lowest BCUT2D eigenvalue weighted by Crippen LogP contribution is -2.33. The zero-order valence-corrected chi connectivity index (χ0v) is 9.89. The second-order valence-corrected chi connectivity index (χ2v) is 4.93. The molecule has 1 amide bonds. The van der Waals surface area contributed by atoms with Gasteiger partial charge in [-0.15, -0.1) is 0 Å². The highest BCUT2D eigenvalue weighted by molar-refractivity contribution is 6.31. The van der Waals surface area contributed by atoms with Crippen LogP contribution in [0.3, 0.4) is 0 Å². The standard InChI is InChI=1S/C11H13ClN2O2/c1-11(2)5-16-9-7(13)3-6(12)4-8(9)14-10(11)15/h3-4H,5,13H2,1-2H3,(H,14,15). The first-order valence-electron chi connectivity index (χ1n) is 4.93. The maximum absolute atomic E-state index is 11.8. The molecule has 0 spiro atoms. The summed E-state index contributed by atoms with van der Waals surface area (Å²) in [6.07, 6.45) is 0. The highest BCUT2D eigenvalue weighted by atomic mass is 35.5. The summed E-state index contributed by atoms with van der Waals surface area (Å²) >= 11 is 5.87. The highest BCUT2D eigenvalue weighted by Gasteiger charge is 2.33. The predicted molar refractivity (Wildman–Crippen MR) is 63.8 cm³/mol. The first-order valence-corrected chi connectivity index (χ1v) is 5.31. The van der Waals surface area contributed by atoms with Gasteiger partial charge in [-0.25, -0.2) is 0 Å². The molecule has 3 N–H and O–H groups in total. The number of rotatable bonds is 0. The average molecular weight is 241 g/mol. The Labute approximate surface area is 98.7 Å². The van der Waals surface area contributed by atoms with Crippen LogP contribution in [0.4, 0.5) is 11.4 Å². The Morgan fingerprint density at radius 2 is 2.19 bits per heavy atom. The molecule has 16 heavy (non-hydrogen) atoms. The normalized spacial score (nSPS) is 18.1. The second-order valence-electron chi connectivity index (χ2n) is 4.50. The van der Waals surface area contributed by atoms with Gasteiger partial charge in [0.05, 0.1) is 16.8 Å². The fraction of sp³-hybridized carbons (Fsp3) is 0.364. The highest BCUT2D eigenvalue weighted by Crippen LogP contribution is 2.38. The van der Waals surface area contributed by atoms with E-state index in [0.717, 1.165) is 0 Å². The summed E-state index contributed by atoms with van der Waals surface area (Å²) in [5.41, 5.74) is 6.16. The molecule has 0 radical (unpaired) electrons. The number of carbonyl (C=O) groups is 1. The Balaban J connectivity index is 2.49. The molecular weight excluding hydrogens is 228 g/mol. The van der Waals surface area contributed by atoms with E-state index in [-0.39, 0.29) is 12.5 Å². The number of anilines is 2. The van der Waals surface area contributed by atoms with Crippen LogP contribution < -0.4 is 15.8 Å². The van der Waals surface area contributed by atoms with Crippen molar-refractivity contribution in [1.82, 2.24) is 0 Å². The lowest BCUT2D eigenvalue weighted by atomic mass is 9.94. The molecule has 0 aromatic heterocycles. The van der Waals surface area contributed by atoms with Crippen LogP contribution in [0.5, 0.6) is 5.75 Å². The molecule has 1 aromatic carbocycles. The predicted octanol–water partition coefficient (Wildman–Crippen LogP) is 2.28. The van der Waals surface area contributed by atoms with Gasteiger partial charge in [-0.1, -0.05) is 11.6 Å². The third-order valence-corrected chi connectivity index (χ3v) is 2.74. The summed E-state index contributed by atoms with van der Waals surface area (Å²) in [6.45, 7) is 3.91. The molecule has 1 aliphatic heterocycles. The summed E-state index contributed by atoms with van der Waals surface area (Å²) in [5, 5.41) is 3.24. The average Bonchev–Trinajstić information content (AvgIpc) is 2.25. The first kappa shape index (κ1) is 11.1. The van der Waals surface area contributed by atoms with Crippen molar-refractivity contribution in [3.63, 3.8) is 0 Å². The maximum atomic E-state index is 11.8. The van der Waals surface area contributed by atoms with Gasteiger partial charge in [-0.3, -0.25) is 4.79 Å². The van der Waals surface area contributed by atoms with Gasteiger partial charge in [0, 0.05) is 5.02 Å². The van der Waals surface area contributed by atoms with Gasteiger partial charge in [-0.2, -0.15) is 0 Å². The van der Waals surface area contributed by atoms with Crippen LogP contribution in [0.1, 0.15) is 13.8 Å². The van der Waals surface area contributed by atoms with Gasteiger partial charge in [0.15, 0.2) is 5.75 Å². The minimum atomic E-state index is -0.585. The monoisotopic (exact) mass is 240 g/mol. The van der Waals surface area contributed by atoms with E-state index in [1.807, 2.05) is 13.8 Å².